The van der Waals surface area contributed by atoms with Crippen LogP contribution in [0.2, 0.25) is 0 Å². The topological polar surface area (TPSA) is 68.3 Å². The second-order valence-electron chi connectivity index (χ2n) is 6.76. The predicted molar refractivity (Wildman–Crippen MR) is 107 cm³/mol. The Balaban J connectivity index is 1.78. The first kappa shape index (κ1) is 21.1. The zero-order valence-corrected chi connectivity index (χ0v) is 16.5. The minimum atomic E-state index is -0.627. The number of rotatable bonds is 6. The van der Waals surface area contributed by atoms with E-state index in [1.54, 1.807) is 43.3 Å². The van der Waals surface area contributed by atoms with Gasteiger partial charge in [0.05, 0.1) is 36.2 Å². The van der Waals surface area contributed by atoms with E-state index in [-0.39, 0.29) is 17.8 Å². The highest BCUT2D eigenvalue weighted by Crippen LogP contribution is 2.18. The van der Waals surface area contributed by atoms with Crippen LogP contribution in [0, 0.1) is 11.6 Å². The molecule has 3 rings (SSSR count). The first-order chi connectivity index (χ1) is 14.4. The van der Waals surface area contributed by atoms with Crippen molar-refractivity contribution in [3.63, 3.8) is 0 Å². The summed E-state index contributed by atoms with van der Waals surface area (Å²) in [7, 11) is 1.30. The summed E-state index contributed by atoms with van der Waals surface area (Å²) in [4.78, 5) is 28.4. The van der Waals surface area contributed by atoms with Gasteiger partial charge in [0.25, 0.3) is 5.91 Å². The molecule has 0 bridgehead atoms. The molecule has 1 N–H and O–H groups in total. The normalized spacial score (nSPS) is 11.6. The molecule has 0 aliphatic carbocycles. The number of hydrogen-bond acceptors (Lipinski definition) is 4. The molecular weight excluding hydrogens is 390 g/mol. The SMILES string of the molecule is COC(=O)c1ccc(C(C)NC(=O)c2cc(F)cnc2Cc2ccc(F)cc2)cc1. The lowest BCUT2D eigenvalue weighted by Gasteiger charge is -2.16. The molecule has 2 aromatic carbocycles. The van der Waals surface area contributed by atoms with E-state index in [2.05, 4.69) is 15.0 Å². The second kappa shape index (κ2) is 9.26. The predicted octanol–water partition coefficient (Wildman–Crippen LogP) is 4.23. The molecule has 1 unspecified atom stereocenters. The van der Waals surface area contributed by atoms with Crippen molar-refractivity contribution >= 4 is 11.9 Å². The van der Waals surface area contributed by atoms with E-state index in [4.69, 9.17) is 0 Å². The zero-order valence-electron chi connectivity index (χ0n) is 16.5. The van der Waals surface area contributed by atoms with E-state index in [1.165, 1.54) is 19.2 Å². The van der Waals surface area contributed by atoms with Crippen LogP contribution in [0.5, 0.6) is 0 Å². The fourth-order valence-corrected chi connectivity index (χ4v) is 2.98. The largest absolute Gasteiger partial charge is 0.465 e. The Bertz CT molecular complexity index is 1050. The summed E-state index contributed by atoms with van der Waals surface area (Å²) >= 11 is 0. The average Bonchev–Trinajstić information content (AvgIpc) is 2.76. The third-order valence-electron chi connectivity index (χ3n) is 4.65. The highest BCUT2D eigenvalue weighted by atomic mass is 19.1. The van der Waals surface area contributed by atoms with Crippen molar-refractivity contribution in [1.29, 1.82) is 0 Å². The molecule has 1 amide bonds. The Morgan fingerprint density at radius 1 is 1.03 bits per heavy atom. The van der Waals surface area contributed by atoms with E-state index in [0.717, 1.165) is 23.4 Å². The third kappa shape index (κ3) is 5.05. The molecular formula is C23H20F2N2O3. The standard InChI is InChI=1S/C23H20F2N2O3/c1-14(16-5-7-17(8-6-16)23(29)30-2)27-22(28)20-12-19(25)13-26-21(20)11-15-3-9-18(24)10-4-15/h3-10,12-14H,11H2,1-2H3,(H,27,28). The number of nitrogens with one attached hydrogen (secondary N) is 1. The van der Waals surface area contributed by atoms with Gasteiger partial charge in [0.2, 0.25) is 0 Å². The molecule has 1 aromatic heterocycles. The van der Waals surface area contributed by atoms with Crippen molar-refractivity contribution in [3.05, 3.63) is 100 Å². The second-order valence-corrected chi connectivity index (χ2v) is 6.76. The molecule has 0 saturated heterocycles. The number of carbonyl (C=O) groups is 2. The van der Waals surface area contributed by atoms with Gasteiger partial charge in [-0.05, 0) is 48.4 Å². The molecule has 1 heterocycles. The zero-order chi connectivity index (χ0) is 21.7. The lowest BCUT2D eigenvalue weighted by Crippen LogP contribution is -2.28. The number of nitrogens with zero attached hydrogens (tertiary/aromatic N) is 1. The van der Waals surface area contributed by atoms with Crippen molar-refractivity contribution in [2.45, 2.75) is 19.4 Å². The summed E-state index contributed by atoms with van der Waals surface area (Å²) in [6.07, 6.45) is 1.30. The fourth-order valence-electron chi connectivity index (χ4n) is 2.98. The maximum Gasteiger partial charge on any atom is 0.337 e. The van der Waals surface area contributed by atoms with Gasteiger partial charge < -0.3 is 10.1 Å². The Hall–Kier alpha value is -3.61. The first-order valence-electron chi connectivity index (χ1n) is 9.25. The van der Waals surface area contributed by atoms with Crippen LogP contribution in [0.3, 0.4) is 0 Å². The molecule has 5 nitrogen and oxygen atoms in total. The Labute approximate surface area is 172 Å². The van der Waals surface area contributed by atoms with Crippen LogP contribution < -0.4 is 5.32 Å². The van der Waals surface area contributed by atoms with Gasteiger partial charge >= 0.3 is 5.97 Å². The lowest BCUT2D eigenvalue weighted by molar-refractivity contribution is 0.0600. The minimum absolute atomic E-state index is 0.109. The summed E-state index contributed by atoms with van der Waals surface area (Å²) in [5, 5.41) is 2.82. The van der Waals surface area contributed by atoms with Gasteiger partial charge in [0.15, 0.2) is 0 Å². The maximum absolute atomic E-state index is 13.8. The Morgan fingerprint density at radius 2 is 1.70 bits per heavy atom. The highest BCUT2D eigenvalue weighted by molar-refractivity contribution is 5.95. The molecule has 0 aliphatic rings. The molecule has 0 saturated carbocycles. The number of amides is 1. The van der Waals surface area contributed by atoms with E-state index in [9.17, 15) is 18.4 Å². The molecule has 0 spiro atoms. The molecule has 0 radical (unpaired) electrons. The third-order valence-corrected chi connectivity index (χ3v) is 4.65. The summed E-state index contributed by atoms with van der Waals surface area (Å²) < 4.78 is 31.6. The molecule has 1 atom stereocenters. The number of hydrogen-bond donors (Lipinski definition) is 1. The number of methoxy groups -OCH3 is 1. The van der Waals surface area contributed by atoms with Gasteiger partial charge in [-0.25, -0.2) is 13.6 Å². The van der Waals surface area contributed by atoms with E-state index in [1.807, 2.05) is 0 Å². The minimum Gasteiger partial charge on any atom is -0.465 e. The first-order valence-corrected chi connectivity index (χ1v) is 9.25. The van der Waals surface area contributed by atoms with Crippen LogP contribution in [-0.4, -0.2) is 24.0 Å². The Kier molecular flexibility index (Phi) is 6.51. The molecule has 0 aliphatic heterocycles. The van der Waals surface area contributed by atoms with E-state index >= 15 is 0 Å². The molecule has 30 heavy (non-hydrogen) atoms. The van der Waals surface area contributed by atoms with Crippen LogP contribution in [-0.2, 0) is 11.2 Å². The van der Waals surface area contributed by atoms with Gasteiger partial charge in [-0.15, -0.1) is 0 Å². The van der Waals surface area contributed by atoms with Gasteiger partial charge in [0.1, 0.15) is 11.6 Å². The van der Waals surface area contributed by atoms with Gasteiger partial charge in [-0.2, -0.15) is 0 Å². The van der Waals surface area contributed by atoms with Crippen molar-refractivity contribution in [2.75, 3.05) is 7.11 Å². The van der Waals surface area contributed by atoms with E-state index < -0.39 is 23.7 Å². The highest BCUT2D eigenvalue weighted by Gasteiger charge is 2.18. The number of ether oxygens (including phenoxy) is 1. The quantitative estimate of drug-likeness (QED) is 0.618. The summed E-state index contributed by atoms with van der Waals surface area (Å²) in [6, 6.07) is 13.2. The van der Waals surface area contributed by atoms with Crippen LogP contribution >= 0.6 is 0 Å². The van der Waals surface area contributed by atoms with Crippen LogP contribution in [0.25, 0.3) is 0 Å². The number of benzene rings is 2. The molecule has 3 aromatic rings. The number of esters is 1. The van der Waals surface area contributed by atoms with Crippen molar-refractivity contribution in [1.82, 2.24) is 10.3 Å². The Morgan fingerprint density at radius 3 is 2.33 bits per heavy atom. The smallest absolute Gasteiger partial charge is 0.337 e. The van der Waals surface area contributed by atoms with Gasteiger partial charge in [-0.3, -0.25) is 9.78 Å². The number of halogens is 2. The monoisotopic (exact) mass is 410 g/mol. The van der Waals surface area contributed by atoms with Crippen molar-refractivity contribution < 1.29 is 23.1 Å². The maximum atomic E-state index is 13.8. The average molecular weight is 410 g/mol. The summed E-state index contributed by atoms with van der Waals surface area (Å²) in [6.45, 7) is 1.78. The number of carbonyl (C=O) groups excluding carboxylic acids is 2. The van der Waals surface area contributed by atoms with Crippen LogP contribution in [0.4, 0.5) is 8.78 Å². The van der Waals surface area contributed by atoms with Crippen LogP contribution in [0.15, 0.2) is 60.8 Å². The number of pyridine rings is 1. The van der Waals surface area contributed by atoms with Crippen molar-refractivity contribution in [3.8, 4) is 0 Å². The molecule has 0 fully saturated rings. The van der Waals surface area contributed by atoms with Crippen LogP contribution in [0.1, 0.15) is 50.5 Å². The lowest BCUT2D eigenvalue weighted by atomic mass is 10.0. The fraction of sp³-hybridized carbons (Fsp3) is 0.174. The van der Waals surface area contributed by atoms with Crippen molar-refractivity contribution in [2.24, 2.45) is 0 Å². The summed E-state index contributed by atoms with van der Waals surface area (Å²) in [5.41, 5.74) is 2.40. The number of aromatic nitrogens is 1. The van der Waals surface area contributed by atoms with Gasteiger partial charge in [-0.1, -0.05) is 24.3 Å². The van der Waals surface area contributed by atoms with Gasteiger partial charge in [0, 0.05) is 6.42 Å². The molecule has 154 valence electrons. The molecule has 7 heteroatoms. The summed E-state index contributed by atoms with van der Waals surface area (Å²) in [5.74, 6) is -1.92. The van der Waals surface area contributed by atoms with E-state index in [0.29, 0.717) is 11.3 Å².